The molecular weight excluding hydrogens is 341 g/mol. The fourth-order valence-corrected chi connectivity index (χ4v) is 3.34. The van der Waals surface area contributed by atoms with E-state index in [9.17, 15) is 0 Å². The first-order valence-corrected chi connectivity index (χ1v) is 8.25. The van der Waals surface area contributed by atoms with E-state index in [2.05, 4.69) is 27.3 Å². The van der Waals surface area contributed by atoms with Gasteiger partial charge in [-0.05, 0) is 36.8 Å². The van der Waals surface area contributed by atoms with E-state index in [1.54, 1.807) is 0 Å². The minimum Gasteiger partial charge on any atom is -0.282 e. The molecule has 0 bridgehead atoms. The monoisotopic (exact) mass is 353 g/mol. The van der Waals surface area contributed by atoms with Crippen molar-refractivity contribution < 1.29 is 0 Å². The molecule has 118 valence electrons. The molecule has 0 aliphatic carbocycles. The molecule has 4 aromatic rings. The molecule has 3 nitrogen and oxygen atoms in total. The smallest absolute Gasteiger partial charge is 0.139 e. The summed E-state index contributed by atoms with van der Waals surface area (Å²) in [6.07, 6.45) is 0. The summed E-state index contributed by atoms with van der Waals surface area (Å²) < 4.78 is 0. The highest BCUT2D eigenvalue weighted by Crippen LogP contribution is 2.41. The van der Waals surface area contributed by atoms with E-state index in [-0.39, 0.29) is 0 Å². The van der Waals surface area contributed by atoms with Gasteiger partial charge in [0.05, 0.1) is 11.2 Å². The molecule has 0 unspecified atom stereocenters. The van der Waals surface area contributed by atoms with E-state index < -0.39 is 0 Å². The number of hydrogen-bond donors (Lipinski definition) is 1. The zero-order valence-corrected chi connectivity index (χ0v) is 14.4. The van der Waals surface area contributed by atoms with Gasteiger partial charge in [-0.25, -0.2) is 4.98 Å². The van der Waals surface area contributed by atoms with Crippen LogP contribution in [0, 0.1) is 6.92 Å². The van der Waals surface area contributed by atoms with Crippen molar-refractivity contribution in [2.75, 3.05) is 0 Å². The van der Waals surface area contributed by atoms with Gasteiger partial charge in [-0.3, -0.25) is 5.10 Å². The average molecular weight is 354 g/mol. The van der Waals surface area contributed by atoms with Gasteiger partial charge in [-0.2, -0.15) is 5.10 Å². The van der Waals surface area contributed by atoms with Crippen LogP contribution in [0.25, 0.3) is 33.3 Å². The van der Waals surface area contributed by atoms with Gasteiger partial charge in [0.15, 0.2) is 0 Å². The van der Waals surface area contributed by atoms with Crippen LogP contribution in [0.2, 0.25) is 10.2 Å². The fourth-order valence-electron chi connectivity index (χ4n) is 2.89. The average Bonchev–Trinajstić information content (AvgIpc) is 3.01. The Labute approximate surface area is 149 Å². The first kappa shape index (κ1) is 15.2. The predicted molar refractivity (Wildman–Crippen MR) is 99.5 cm³/mol. The zero-order chi connectivity index (χ0) is 16.7. The Bertz CT molecular complexity index is 1040. The summed E-state index contributed by atoms with van der Waals surface area (Å²) in [6, 6.07) is 17.7. The highest BCUT2D eigenvalue weighted by molar-refractivity contribution is 6.34. The molecule has 0 spiro atoms. The maximum absolute atomic E-state index is 6.54. The number of halogens is 2. The summed E-state index contributed by atoms with van der Waals surface area (Å²) in [7, 11) is 0. The number of H-pyrrole nitrogens is 1. The van der Waals surface area contributed by atoms with E-state index in [1.165, 1.54) is 0 Å². The summed E-state index contributed by atoms with van der Waals surface area (Å²) in [5.41, 5.74) is 5.38. The van der Waals surface area contributed by atoms with Crippen LogP contribution < -0.4 is 0 Å². The molecule has 0 fully saturated rings. The maximum Gasteiger partial charge on any atom is 0.139 e. The van der Waals surface area contributed by atoms with Crippen LogP contribution in [0.15, 0.2) is 54.6 Å². The molecule has 0 aliphatic rings. The highest BCUT2D eigenvalue weighted by Gasteiger charge is 2.19. The van der Waals surface area contributed by atoms with E-state index in [0.29, 0.717) is 10.2 Å². The van der Waals surface area contributed by atoms with E-state index in [4.69, 9.17) is 23.2 Å². The standard InChI is InChI=1S/C19H13Cl2N3/c1-11-9-16(24-23-11)18-17(12-5-3-2-4-6-12)14-10-13(20)7-8-15(14)22-19(18)21/h2-10H,1H3,(H,23,24). The Morgan fingerprint density at radius 1 is 0.917 bits per heavy atom. The fraction of sp³-hybridized carbons (Fsp3) is 0.0526. The topological polar surface area (TPSA) is 41.6 Å². The van der Waals surface area contributed by atoms with E-state index >= 15 is 0 Å². The molecular formula is C19H13Cl2N3. The molecule has 2 heterocycles. The quantitative estimate of drug-likeness (QED) is 0.455. The second-order valence-corrected chi connectivity index (χ2v) is 6.41. The Morgan fingerprint density at radius 2 is 1.71 bits per heavy atom. The number of nitrogens with zero attached hydrogens (tertiary/aromatic N) is 2. The van der Waals surface area contributed by atoms with Crippen LogP contribution >= 0.6 is 23.2 Å². The van der Waals surface area contributed by atoms with Gasteiger partial charge in [0, 0.05) is 27.2 Å². The number of aryl methyl sites for hydroxylation is 1. The van der Waals surface area contributed by atoms with Gasteiger partial charge >= 0.3 is 0 Å². The second-order valence-electron chi connectivity index (χ2n) is 5.62. The number of benzene rings is 2. The largest absolute Gasteiger partial charge is 0.282 e. The first-order valence-electron chi connectivity index (χ1n) is 7.50. The molecule has 0 amide bonds. The zero-order valence-electron chi connectivity index (χ0n) is 12.8. The predicted octanol–water partition coefficient (Wildman–Crippen LogP) is 5.91. The summed E-state index contributed by atoms with van der Waals surface area (Å²) in [4.78, 5) is 4.54. The van der Waals surface area contributed by atoms with Gasteiger partial charge in [-0.15, -0.1) is 0 Å². The molecule has 0 atom stereocenters. The van der Waals surface area contributed by atoms with Crippen LogP contribution in [0.5, 0.6) is 0 Å². The van der Waals surface area contributed by atoms with Crippen molar-refractivity contribution in [3.63, 3.8) is 0 Å². The molecule has 5 heteroatoms. The molecule has 0 saturated heterocycles. The van der Waals surface area contributed by atoms with Crippen LogP contribution in [0.3, 0.4) is 0 Å². The molecule has 4 rings (SSSR count). The summed E-state index contributed by atoms with van der Waals surface area (Å²) in [6.45, 7) is 1.96. The lowest BCUT2D eigenvalue weighted by Gasteiger charge is -2.13. The lowest BCUT2D eigenvalue weighted by atomic mass is 9.95. The van der Waals surface area contributed by atoms with Gasteiger partial charge in [0.25, 0.3) is 0 Å². The lowest BCUT2D eigenvalue weighted by Crippen LogP contribution is -1.93. The van der Waals surface area contributed by atoms with Crippen molar-refractivity contribution in [2.24, 2.45) is 0 Å². The van der Waals surface area contributed by atoms with Crippen LogP contribution in [-0.2, 0) is 0 Å². The molecule has 1 N–H and O–H groups in total. The number of nitrogens with one attached hydrogen (secondary N) is 1. The van der Waals surface area contributed by atoms with Crippen molar-refractivity contribution in [3.8, 4) is 22.4 Å². The number of aromatic amines is 1. The van der Waals surface area contributed by atoms with Crippen LogP contribution in [0.4, 0.5) is 0 Å². The Balaban J connectivity index is 2.16. The van der Waals surface area contributed by atoms with Crippen LogP contribution in [0.1, 0.15) is 5.69 Å². The molecule has 0 radical (unpaired) electrons. The van der Waals surface area contributed by atoms with Crippen LogP contribution in [-0.4, -0.2) is 15.2 Å². The molecule has 2 aromatic carbocycles. The normalized spacial score (nSPS) is 11.1. The van der Waals surface area contributed by atoms with Crippen molar-refractivity contribution in [2.45, 2.75) is 6.92 Å². The molecule has 0 saturated carbocycles. The number of rotatable bonds is 2. The Kier molecular flexibility index (Phi) is 3.75. The molecule has 0 aliphatic heterocycles. The summed E-state index contributed by atoms with van der Waals surface area (Å²) >= 11 is 12.8. The number of aromatic nitrogens is 3. The minimum absolute atomic E-state index is 0.426. The lowest BCUT2D eigenvalue weighted by molar-refractivity contribution is 1.05. The highest BCUT2D eigenvalue weighted by atomic mass is 35.5. The van der Waals surface area contributed by atoms with Gasteiger partial charge < -0.3 is 0 Å². The van der Waals surface area contributed by atoms with E-state index in [0.717, 1.165) is 39.0 Å². The van der Waals surface area contributed by atoms with E-state index in [1.807, 2.05) is 49.4 Å². The number of fused-ring (bicyclic) bond motifs is 1. The maximum atomic E-state index is 6.54. The SMILES string of the molecule is Cc1cc(-c2c(Cl)nc3ccc(Cl)cc3c2-c2ccccc2)n[nH]1. The van der Waals surface area contributed by atoms with Gasteiger partial charge in [-0.1, -0.05) is 53.5 Å². The third-order valence-corrected chi connectivity index (χ3v) is 4.44. The minimum atomic E-state index is 0.426. The van der Waals surface area contributed by atoms with Crippen molar-refractivity contribution in [1.82, 2.24) is 15.2 Å². The third kappa shape index (κ3) is 2.56. The number of pyridine rings is 1. The summed E-state index contributed by atoms with van der Waals surface area (Å²) in [5.74, 6) is 0. The first-order chi connectivity index (χ1) is 11.6. The van der Waals surface area contributed by atoms with Gasteiger partial charge in [0.2, 0.25) is 0 Å². The van der Waals surface area contributed by atoms with Crippen molar-refractivity contribution >= 4 is 34.1 Å². The van der Waals surface area contributed by atoms with Gasteiger partial charge in [0.1, 0.15) is 5.15 Å². The van der Waals surface area contributed by atoms with Crippen molar-refractivity contribution in [3.05, 3.63) is 70.5 Å². The second kappa shape index (κ2) is 5.93. The summed E-state index contributed by atoms with van der Waals surface area (Å²) in [5, 5.41) is 9.39. The third-order valence-electron chi connectivity index (χ3n) is 3.93. The van der Waals surface area contributed by atoms with Crippen molar-refractivity contribution in [1.29, 1.82) is 0 Å². The number of hydrogen-bond acceptors (Lipinski definition) is 2. The molecule has 2 aromatic heterocycles. The Hall–Kier alpha value is -2.36. The molecule has 24 heavy (non-hydrogen) atoms. The Morgan fingerprint density at radius 3 is 2.42 bits per heavy atom.